The molecule has 8 heteroatoms. The number of nitrogens with zero attached hydrogens (tertiary/aromatic N) is 1. The number of benzene rings is 2. The van der Waals surface area contributed by atoms with E-state index >= 15 is 0 Å². The monoisotopic (exact) mass is 422 g/mol. The lowest BCUT2D eigenvalue weighted by Crippen LogP contribution is -2.39. The van der Waals surface area contributed by atoms with Crippen molar-refractivity contribution in [1.29, 1.82) is 0 Å². The zero-order valence-electron chi connectivity index (χ0n) is 15.3. The van der Waals surface area contributed by atoms with E-state index in [4.69, 9.17) is 11.6 Å². The molecule has 1 atom stereocenters. The molecule has 1 heterocycles. The van der Waals surface area contributed by atoms with E-state index in [0.29, 0.717) is 25.1 Å². The van der Waals surface area contributed by atoms with Crippen LogP contribution in [0.3, 0.4) is 0 Å². The SMILES string of the molecule is O=C(NC(CO)Cc1ccccc1)c1ccc(N2CCCCS2(=O)=O)cc1Cl. The van der Waals surface area contributed by atoms with Gasteiger partial charge in [0, 0.05) is 6.54 Å². The van der Waals surface area contributed by atoms with Crippen LogP contribution in [0.25, 0.3) is 0 Å². The van der Waals surface area contributed by atoms with Gasteiger partial charge in [-0.25, -0.2) is 8.42 Å². The second kappa shape index (κ2) is 8.94. The highest BCUT2D eigenvalue weighted by Crippen LogP contribution is 2.28. The van der Waals surface area contributed by atoms with E-state index in [0.717, 1.165) is 12.0 Å². The largest absolute Gasteiger partial charge is 0.394 e. The summed E-state index contributed by atoms with van der Waals surface area (Å²) in [5.41, 5.74) is 1.70. The predicted molar refractivity (Wildman–Crippen MR) is 110 cm³/mol. The molecule has 6 nitrogen and oxygen atoms in total. The third-order valence-electron chi connectivity index (χ3n) is 4.72. The van der Waals surface area contributed by atoms with Crippen molar-refractivity contribution in [2.75, 3.05) is 23.2 Å². The molecular formula is C20H23ClN2O4S. The zero-order chi connectivity index (χ0) is 20.1. The summed E-state index contributed by atoms with van der Waals surface area (Å²) in [6.45, 7) is 0.205. The van der Waals surface area contributed by atoms with Gasteiger partial charge >= 0.3 is 0 Å². The number of aliphatic hydroxyl groups is 1. The van der Waals surface area contributed by atoms with Gasteiger partial charge in [0.05, 0.1) is 34.7 Å². The summed E-state index contributed by atoms with van der Waals surface area (Å²) in [5, 5.41) is 12.6. The first kappa shape index (κ1) is 20.6. The number of anilines is 1. The molecule has 3 rings (SSSR count). The maximum absolute atomic E-state index is 12.6. The zero-order valence-corrected chi connectivity index (χ0v) is 16.9. The van der Waals surface area contributed by atoms with Crippen LogP contribution in [-0.2, 0) is 16.4 Å². The van der Waals surface area contributed by atoms with E-state index in [1.807, 2.05) is 30.3 Å². The fourth-order valence-corrected chi connectivity index (χ4v) is 5.14. The average Bonchev–Trinajstić information content (AvgIpc) is 2.67. The van der Waals surface area contributed by atoms with Gasteiger partial charge in [-0.15, -0.1) is 0 Å². The molecule has 0 aromatic heterocycles. The molecule has 2 N–H and O–H groups in total. The van der Waals surface area contributed by atoms with Crippen molar-refractivity contribution in [3.8, 4) is 0 Å². The van der Waals surface area contributed by atoms with E-state index in [2.05, 4.69) is 5.32 Å². The summed E-state index contributed by atoms with van der Waals surface area (Å²) < 4.78 is 25.8. The second-order valence-corrected chi connectivity index (χ2v) is 9.22. The lowest BCUT2D eigenvalue weighted by Gasteiger charge is -2.28. The lowest BCUT2D eigenvalue weighted by atomic mass is 10.1. The molecule has 28 heavy (non-hydrogen) atoms. The average molecular weight is 423 g/mol. The van der Waals surface area contributed by atoms with Crippen molar-refractivity contribution in [1.82, 2.24) is 5.32 Å². The van der Waals surface area contributed by atoms with Crippen molar-refractivity contribution >= 4 is 33.2 Å². The second-order valence-electron chi connectivity index (χ2n) is 6.80. The molecule has 150 valence electrons. The lowest BCUT2D eigenvalue weighted by molar-refractivity contribution is 0.0916. The number of nitrogens with one attached hydrogen (secondary N) is 1. The van der Waals surface area contributed by atoms with Crippen molar-refractivity contribution in [3.05, 3.63) is 64.7 Å². The van der Waals surface area contributed by atoms with Crippen LogP contribution in [0, 0.1) is 0 Å². The Morgan fingerprint density at radius 3 is 2.57 bits per heavy atom. The summed E-state index contributed by atoms with van der Waals surface area (Å²) in [6, 6.07) is 13.7. The van der Waals surface area contributed by atoms with Crippen LogP contribution in [0.1, 0.15) is 28.8 Å². The van der Waals surface area contributed by atoms with Gasteiger partial charge in [-0.3, -0.25) is 9.10 Å². The fourth-order valence-electron chi connectivity index (χ4n) is 3.25. The van der Waals surface area contributed by atoms with Gasteiger partial charge in [0.1, 0.15) is 0 Å². The van der Waals surface area contributed by atoms with Crippen LogP contribution < -0.4 is 9.62 Å². The van der Waals surface area contributed by atoms with Gasteiger partial charge in [0.2, 0.25) is 10.0 Å². The Bertz CT molecular complexity index is 934. The van der Waals surface area contributed by atoms with Gasteiger partial charge < -0.3 is 10.4 Å². The molecule has 2 aromatic rings. The van der Waals surface area contributed by atoms with E-state index in [-0.39, 0.29) is 22.9 Å². The smallest absolute Gasteiger partial charge is 0.253 e. The molecule has 0 bridgehead atoms. The van der Waals surface area contributed by atoms with Crippen LogP contribution in [0.4, 0.5) is 5.69 Å². The minimum atomic E-state index is -3.34. The Hall–Kier alpha value is -2.09. The molecule has 0 spiro atoms. The highest BCUT2D eigenvalue weighted by atomic mass is 35.5. The molecule has 1 unspecified atom stereocenters. The molecule has 0 saturated carbocycles. The van der Waals surface area contributed by atoms with Crippen molar-refractivity contribution in [2.45, 2.75) is 25.3 Å². The molecule has 1 aliphatic heterocycles. The topological polar surface area (TPSA) is 86.7 Å². The van der Waals surface area contributed by atoms with E-state index in [1.165, 1.54) is 16.4 Å². The van der Waals surface area contributed by atoms with Gasteiger partial charge in [-0.05, 0) is 43.0 Å². The van der Waals surface area contributed by atoms with Crippen LogP contribution in [0.2, 0.25) is 5.02 Å². The maximum Gasteiger partial charge on any atom is 0.253 e. The Balaban J connectivity index is 1.73. The summed E-state index contributed by atoms with van der Waals surface area (Å²) >= 11 is 6.28. The van der Waals surface area contributed by atoms with Crippen molar-refractivity contribution in [3.63, 3.8) is 0 Å². The minimum Gasteiger partial charge on any atom is -0.394 e. The van der Waals surface area contributed by atoms with Gasteiger partial charge in [-0.1, -0.05) is 41.9 Å². The molecule has 0 radical (unpaired) electrons. The molecule has 1 fully saturated rings. The maximum atomic E-state index is 12.6. The molecule has 0 aliphatic carbocycles. The first-order chi connectivity index (χ1) is 13.4. The number of aliphatic hydroxyl groups excluding tert-OH is 1. The Labute approximate surface area is 170 Å². The number of sulfonamides is 1. The van der Waals surface area contributed by atoms with E-state index in [1.54, 1.807) is 6.07 Å². The normalized spacial score (nSPS) is 17.1. The van der Waals surface area contributed by atoms with Gasteiger partial charge in [0.25, 0.3) is 5.91 Å². The quantitative estimate of drug-likeness (QED) is 0.749. The predicted octanol–water partition coefficient (Wildman–Crippen LogP) is 2.60. The number of hydrogen-bond donors (Lipinski definition) is 2. The standard InChI is InChI=1S/C20H23ClN2O4S/c21-19-13-17(23-10-4-5-11-28(23,26)27)8-9-18(19)20(25)22-16(14-24)12-15-6-2-1-3-7-15/h1-3,6-9,13,16,24H,4-5,10-12,14H2,(H,22,25). The van der Waals surface area contributed by atoms with Gasteiger partial charge in [-0.2, -0.15) is 0 Å². The Morgan fingerprint density at radius 1 is 1.18 bits per heavy atom. The summed E-state index contributed by atoms with van der Waals surface area (Å²) in [4.78, 5) is 12.6. The van der Waals surface area contributed by atoms with Crippen LogP contribution in [-0.4, -0.2) is 44.4 Å². The highest BCUT2D eigenvalue weighted by molar-refractivity contribution is 7.92. The van der Waals surface area contributed by atoms with Crippen LogP contribution in [0.15, 0.2) is 48.5 Å². The third-order valence-corrected chi connectivity index (χ3v) is 6.90. The molecule has 1 aliphatic rings. The molecule has 2 aromatic carbocycles. The van der Waals surface area contributed by atoms with E-state index in [9.17, 15) is 18.3 Å². The molecular weight excluding hydrogens is 400 g/mol. The Morgan fingerprint density at radius 2 is 1.93 bits per heavy atom. The highest BCUT2D eigenvalue weighted by Gasteiger charge is 2.27. The van der Waals surface area contributed by atoms with Crippen LogP contribution >= 0.6 is 11.6 Å². The number of carbonyl (C=O) groups is 1. The van der Waals surface area contributed by atoms with Crippen molar-refractivity contribution in [2.24, 2.45) is 0 Å². The summed E-state index contributed by atoms with van der Waals surface area (Å²) in [5.74, 6) is -0.294. The number of rotatable bonds is 6. The number of carbonyl (C=O) groups excluding carboxylic acids is 1. The number of hydrogen-bond acceptors (Lipinski definition) is 4. The first-order valence-electron chi connectivity index (χ1n) is 9.16. The third kappa shape index (κ3) is 4.84. The van der Waals surface area contributed by atoms with E-state index < -0.39 is 22.0 Å². The number of amides is 1. The van der Waals surface area contributed by atoms with Crippen molar-refractivity contribution < 1.29 is 18.3 Å². The molecule has 1 amide bonds. The van der Waals surface area contributed by atoms with Crippen LogP contribution in [0.5, 0.6) is 0 Å². The van der Waals surface area contributed by atoms with Gasteiger partial charge in [0.15, 0.2) is 0 Å². The Kier molecular flexibility index (Phi) is 6.59. The molecule has 1 saturated heterocycles. The first-order valence-corrected chi connectivity index (χ1v) is 11.1. The fraction of sp³-hybridized carbons (Fsp3) is 0.350. The minimum absolute atomic E-state index is 0.116. The summed E-state index contributed by atoms with van der Waals surface area (Å²) in [7, 11) is -3.34. The number of halogens is 1. The summed E-state index contributed by atoms with van der Waals surface area (Å²) in [6.07, 6.45) is 1.93.